The second-order valence-corrected chi connectivity index (χ2v) is 4.93. The number of hydrogen-bond donors (Lipinski definition) is 2. The Balaban J connectivity index is 1.95. The number of anilines is 1. The molecule has 2 rings (SSSR count). The van der Waals surface area contributed by atoms with Gasteiger partial charge in [0.2, 0.25) is 0 Å². The SMILES string of the molecule is Cc1c(Br)cccc1NC(=O)NC1CCOC1. The Labute approximate surface area is 109 Å². The number of ether oxygens (including phenoxy) is 1. The van der Waals surface area contributed by atoms with Crippen LogP contribution in [-0.2, 0) is 4.74 Å². The minimum atomic E-state index is -0.179. The van der Waals surface area contributed by atoms with Crippen LogP contribution in [0.25, 0.3) is 0 Å². The second kappa shape index (κ2) is 5.51. The zero-order chi connectivity index (χ0) is 12.3. The van der Waals surface area contributed by atoms with Crippen LogP contribution in [0.2, 0.25) is 0 Å². The molecule has 1 aliphatic rings. The molecule has 2 N–H and O–H groups in total. The van der Waals surface area contributed by atoms with Gasteiger partial charge in [0.1, 0.15) is 0 Å². The molecule has 0 saturated carbocycles. The van der Waals surface area contributed by atoms with E-state index in [1.165, 1.54) is 0 Å². The molecule has 1 saturated heterocycles. The summed E-state index contributed by atoms with van der Waals surface area (Å²) < 4.78 is 6.19. The summed E-state index contributed by atoms with van der Waals surface area (Å²) in [7, 11) is 0. The molecule has 4 nitrogen and oxygen atoms in total. The van der Waals surface area contributed by atoms with Crippen molar-refractivity contribution in [2.75, 3.05) is 18.5 Å². The van der Waals surface area contributed by atoms with Crippen molar-refractivity contribution in [1.82, 2.24) is 5.32 Å². The van der Waals surface area contributed by atoms with Gasteiger partial charge < -0.3 is 15.4 Å². The molecule has 1 heterocycles. The molecule has 0 aliphatic carbocycles. The highest BCUT2D eigenvalue weighted by Gasteiger charge is 2.17. The van der Waals surface area contributed by atoms with Crippen molar-refractivity contribution in [3.63, 3.8) is 0 Å². The van der Waals surface area contributed by atoms with Crippen LogP contribution in [0.5, 0.6) is 0 Å². The molecule has 92 valence electrons. The monoisotopic (exact) mass is 298 g/mol. The van der Waals surface area contributed by atoms with Gasteiger partial charge >= 0.3 is 6.03 Å². The highest BCUT2D eigenvalue weighted by Crippen LogP contribution is 2.23. The molecule has 1 aromatic rings. The number of benzene rings is 1. The maximum Gasteiger partial charge on any atom is 0.319 e. The predicted octanol–water partition coefficient (Wildman–Crippen LogP) is 2.67. The van der Waals surface area contributed by atoms with Crippen LogP contribution in [0.3, 0.4) is 0 Å². The van der Waals surface area contributed by atoms with E-state index in [9.17, 15) is 4.79 Å². The average molecular weight is 299 g/mol. The van der Waals surface area contributed by atoms with E-state index in [0.717, 1.165) is 28.8 Å². The summed E-state index contributed by atoms with van der Waals surface area (Å²) in [5.41, 5.74) is 1.83. The quantitative estimate of drug-likeness (QED) is 0.882. The second-order valence-electron chi connectivity index (χ2n) is 4.07. The van der Waals surface area contributed by atoms with Gasteiger partial charge in [0.05, 0.1) is 12.6 Å². The molecule has 1 aliphatic heterocycles. The lowest BCUT2D eigenvalue weighted by molar-refractivity contribution is 0.189. The van der Waals surface area contributed by atoms with Crippen LogP contribution < -0.4 is 10.6 Å². The van der Waals surface area contributed by atoms with Crippen LogP contribution in [-0.4, -0.2) is 25.3 Å². The third kappa shape index (κ3) is 3.20. The zero-order valence-corrected chi connectivity index (χ0v) is 11.2. The van der Waals surface area contributed by atoms with Crippen LogP contribution >= 0.6 is 15.9 Å². The van der Waals surface area contributed by atoms with E-state index in [2.05, 4.69) is 26.6 Å². The minimum absolute atomic E-state index is 0.127. The van der Waals surface area contributed by atoms with Crippen molar-refractivity contribution in [1.29, 1.82) is 0 Å². The number of carbonyl (C=O) groups is 1. The Bertz CT molecular complexity index is 417. The van der Waals surface area contributed by atoms with Crippen molar-refractivity contribution in [3.05, 3.63) is 28.2 Å². The van der Waals surface area contributed by atoms with Crippen molar-refractivity contribution >= 4 is 27.6 Å². The molecular weight excluding hydrogens is 284 g/mol. The Kier molecular flexibility index (Phi) is 4.02. The lowest BCUT2D eigenvalue weighted by atomic mass is 10.2. The topological polar surface area (TPSA) is 50.4 Å². The first-order chi connectivity index (χ1) is 8.16. The molecule has 1 atom stereocenters. The van der Waals surface area contributed by atoms with Crippen molar-refractivity contribution in [3.8, 4) is 0 Å². The minimum Gasteiger partial charge on any atom is -0.379 e. The van der Waals surface area contributed by atoms with Gasteiger partial charge in [-0.2, -0.15) is 0 Å². The fourth-order valence-electron chi connectivity index (χ4n) is 1.74. The zero-order valence-electron chi connectivity index (χ0n) is 9.63. The predicted molar refractivity (Wildman–Crippen MR) is 70.3 cm³/mol. The van der Waals surface area contributed by atoms with Crippen LogP contribution in [0.1, 0.15) is 12.0 Å². The third-order valence-electron chi connectivity index (χ3n) is 2.78. The summed E-state index contributed by atoms with van der Waals surface area (Å²) in [4.78, 5) is 11.7. The summed E-state index contributed by atoms with van der Waals surface area (Å²) in [5.74, 6) is 0. The van der Waals surface area contributed by atoms with E-state index in [0.29, 0.717) is 6.61 Å². The van der Waals surface area contributed by atoms with Crippen molar-refractivity contribution in [2.45, 2.75) is 19.4 Å². The van der Waals surface area contributed by atoms with Crippen LogP contribution in [0.4, 0.5) is 10.5 Å². The molecule has 0 spiro atoms. The van der Waals surface area contributed by atoms with Crippen molar-refractivity contribution < 1.29 is 9.53 Å². The van der Waals surface area contributed by atoms with E-state index in [1.54, 1.807) is 0 Å². The first kappa shape index (κ1) is 12.4. The van der Waals surface area contributed by atoms with E-state index in [-0.39, 0.29) is 12.1 Å². The first-order valence-corrected chi connectivity index (χ1v) is 6.36. The molecule has 2 amide bonds. The summed E-state index contributed by atoms with van der Waals surface area (Å²) in [6.45, 7) is 3.28. The van der Waals surface area contributed by atoms with E-state index >= 15 is 0 Å². The average Bonchev–Trinajstić information content (AvgIpc) is 2.77. The first-order valence-electron chi connectivity index (χ1n) is 5.57. The standard InChI is InChI=1S/C12H15BrN2O2/c1-8-10(13)3-2-4-11(8)15-12(16)14-9-5-6-17-7-9/h2-4,9H,5-7H2,1H3,(H2,14,15,16). The number of carbonyl (C=O) groups excluding carboxylic acids is 1. The Morgan fingerprint density at radius 3 is 3.06 bits per heavy atom. The number of amides is 2. The number of urea groups is 1. The van der Waals surface area contributed by atoms with Crippen molar-refractivity contribution in [2.24, 2.45) is 0 Å². The molecule has 0 bridgehead atoms. The Hall–Kier alpha value is -1.07. The molecular formula is C12H15BrN2O2. The van der Waals surface area contributed by atoms with Crippen LogP contribution in [0.15, 0.2) is 22.7 Å². The molecule has 17 heavy (non-hydrogen) atoms. The number of hydrogen-bond acceptors (Lipinski definition) is 2. The largest absolute Gasteiger partial charge is 0.379 e. The molecule has 5 heteroatoms. The molecule has 0 aromatic heterocycles. The fraction of sp³-hybridized carbons (Fsp3) is 0.417. The maximum atomic E-state index is 11.7. The lowest BCUT2D eigenvalue weighted by Crippen LogP contribution is -2.38. The van der Waals surface area contributed by atoms with E-state index < -0.39 is 0 Å². The number of halogens is 1. The molecule has 0 radical (unpaired) electrons. The summed E-state index contributed by atoms with van der Waals surface area (Å²) in [6, 6.07) is 5.67. The van der Waals surface area contributed by atoms with E-state index in [4.69, 9.17) is 4.74 Å². The van der Waals surface area contributed by atoms with Gasteiger partial charge in [-0.25, -0.2) is 4.79 Å². The normalized spacial score (nSPS) is 19.1. The van der Waals surface area contributed by atoms with Gasteiger partial charge in [0, 0.05) is 16.8 Å². The Morgan fingerprint density at radius 2 is 2.35 bits per heavy atom. The summed E-state index contributed by atoms with van der Waals surface area (Å²) in [6.07, 6.45) is 0.880. The number of rotatable bonds is 2. The molecule has 1 fully saturated rings. The van der Waals surface area contributed by atoms with Gasteiger partial charge in [-0.3, -0.25) is 0 Å². The Morgan fingerprint density at radius 1 is 1.53 bits per heavy atom. The smallest absolute Gasteiger partial charge is 0.319 e. The molecule has 1 aromatic carbocycles. The van der Waals surface area contributed by atoms with Gasteiger partial charge in [-0.05, 0) is 31.0 Å². The fourth-order valence-corrected chi connectivity index (χ4v) is 2.10. The lowest BCUT2D eigenvalue weighted by Gasteiger charge is -2.13. The highest BCUT2D eigenvalue weighted by atomic mass is 79.9. The van der Waals surface area contributed by atoms with E-state index in [1.807, 2.05) is 25.1 Å². The van der Waals surface area contributed by atoms with Gasteiger partial charge in [-0.1, -0.05) is 22.0 Å². The summed E-state index contributed by atoms with van der Waals surface area (Å²) >= 11 is 3.43. The van der Waals surface area contributed by atoms with Gasteiger partial charge in [-0.15, -0.1) is 0 Å². The summed E-state index contributed by atoms with van der Waals surface area (Å²) in [5, 5.41) is 5.73. The number of nitrogens with one attached hydrogen (secondary N) is 2. The van der Waals surface area contributed by atoms with Gasteiger partial charge in [0.15, 0.2) is 0 Å². The molecule has 1 unspecified atom stereocenters. The maximum absolute atomic E-state index is 11.7. The van der Waals surface area contributed by atoms with Crippen LogP contribution in [0, 0.1) is 6.92 Å². The van der Waals surface area contributed by atoms with Gasteiger partial charge in [0.25, 0.3) is 0 Å². The highest BCUT2D eigenvalue weighted by molar-refractivity contribution is 9.10. The third-order valence-corrected chi connectivity index (χ3v) is 3.64.